The van der Waals surface area contributed by atoms with Crippen LogP contribution >= 0.6 is 11.6 Å². The SMILES string of the molecule is Nc1cnc(Cl)cc1C(=O)NCC(F)(F)F. The summed E-state index contributed by atoms with van der Waals surface area (Å²) in [6.45, 7) is -1.43. The molecule has 0 unspecified atom stereocenters. The van der Waals surface area contributed by atoms with Crippen LogP contribution in [0.25, 0.3) is 0 Å². The number of carbonyl (C=O) groups is 1. The van der Waals surface area contributed by atoms with Gasteiger partial charge in [-0.05, 0) is 6.07 Å². The number of rotatable bonds is 2. The zero-order valence-electron chi connectivity index (χ0n) is 7.81. The second-order valence-corrected chi connectivity index (χ2v) is 3.28. The summed E-state index contributed by atoms with van der Waals surface area (Å²) in [5.74, 6) is -0.945. The molecule has 88 valence electrons. The molecule has 0 aliphatic carbocycles. The molecule has 3 N–H and O–H groups in total. The smallest absolute Gasteiger partial charge is 0.397 e. The van der Waals surface area contributed by atoms with Crippen molar-refractivity contribution in [2.24, 2.45) is 0 Å². The van der Waals surface area contributed by atoms with Crippen molar-refractivity contribution < 1.29 is 18.0 Å². The van der Waals surface area contributed by atoms with Gasteiger partial charge < -0.3 is 11.1 Å². The summed E-state index contributed by atoms with van der Waals surface area (Å²) in [7, 11) is 0. The maximum absolute atomic E-state index is 11.8. The molecule has 1 amide bonds. The molecule has 1 aromatic rings. The maximum Gasteiger partial charge on any atom is 0.405 e. The fourth-order valence-corrected chi connectivity index (χ4v) is 1.07. The Bertz CT molecular complexity index is 408. The van der Waals surface area contributed by atoms with Crippen molar-refractivity contribution in [3.63, 3.8) is 0 Å². The lowest BCUT2D eigenvalue weighted by Gasteiger charge is -2.09. The predicted octanol–water partition coefficient (Wildman–Crippen LogP) is 1.61. The van der Waals surface area contributed by atoms with E-state index in [9.17, 15) is 18.0 Å². The summed E-state index contributed by atoms with van der Waals surface area (Å²) in [6.07, 6.45) is -3.37. The molecular weight excluding hydrogens is 247 g/mol. The van der Waals surface area contributed by atoms with Crippen molar-refractivity contribution in [3.05, 3.63) is 23.0 Å². The highest BCUT2D eigenvalue weighted by Crippen LogP contribution is 2.16. The molecule has 0 radical (unpaired) electrons. The lowest BCUT2D eigenvalue weighted by molar-refractivity contribution is -0.123. The van der Waals surface area contributed by atoms with Crippen LogP contribution in [0.15, 0.2) is 12.3 Å². The van der Waals surface area contributed by atoms with Crippen LogP contribution in [0.3, 0.4) is 0 Å². The minimum atomic E-state index is -4.47. The summed E-state index contributed by atoms with van der Waals surface area (Å²) in [6, 6.07) is 1.10. The van der Waals surface area contributed by atoms with Gasteiger partial charge in [-0.2, -0.15) is 13.2 Å². The number of hydrogen-bond acceptors (Lipinski definition) is 3. The third-order valence-corrected chi connectivity index (χ3v) is 1.80. The molecule has 0 aliphatic heterocycles. The van der Waals surface area contributed by atoms with E-state index in [1.54, 1.807) is 5.32 Å². The molecule has 1 rings (SSSR count). The van der Waals surface area contributed by atoms with Gasteiger partial charge in [-0.3, -0.25) is 4.79 Å². The Kier molecular flexibility index (Phi) is 3.58. The van der Waals surface area contributed by atoms with E-state index in [2.05, 4.69) is 4.98 Å². The van der Waals surface area contributed by atoms with Gasteiger partial charge in [0.15, 0.2) is 0 Å². The first-order valence-electron chi connectivity index (χ1n) is 4.05. The van der Waals surface area contributed by atoms with Crippen LogP contribution in [0.1, 0.15) is 10.4 Å². The number of halogens is 4. The number of nitrogens with zero attached hydrogens (tertiary/aromatic N) is 1. The molecule has 0 saturated carbocycles. The quantitative estimate of drug-likeness (QED) is 0.787. The monoisotopic (exact) mass is 253 g/mol. The zero-order valence-corrected chi connectivity index (χ0v) is 8.56. The molecule has 16 heavy (non-hydrogen) atoms. The second kappa shape index (κ2) is 4.56. The van der Waals surface area contributed by atoms with Gasteiger partial charge >= 0.3 is 6.18 Å². The number of nitrogens with one attached hydrogen (secondary N) is 1. The fourth-order valence-electron chi connectivity index (χ4n) is 0.913. The molecule has 1 aromatic heterocycles. The van der Waals surface area contributed by atoms with E-state index in [1.807, 2.05) is 0 Å². The van der Waals surface area contributed by atoms with Crippen LogP contribution in [-0.4, -0.2) is 23.6 Å². The highest BCUT2D eigenvalue weighted by atomic mass is 35.5. The van der Waals surface area contributed by atoms with Gasteiger partial charge in [-0.1, -0.05) is 11.6 Å². The number of amides is 1. The third-order valence-electron chi connectivity index (χ3n) is 1.60. The number of anilines is 1. The largest absolute Gasteiger partial charge is 0.405 e. The maximum atomic E-state index is 11.8. The Labute approximate surface area is 93.6 Å². The van der Waals surface area contributed by atoms with Crippen molar-refractivity contribution in [3.8, 4) is 0 Å². The van der Waals surface area contributed by atoms with Crippen molar-refractivity contribution >= 4 is 23.2 Å². The summed E-state index contributed by atoms with van der Waals surface area (Å²) >= 11 is 5.48. The standard InChI is InChI=1S/C8H7ClF3N3O/c9-6-1-4(5(13)2-14-6)7(16)15-3-8(10,11)12/h1-2H,3,13H2,(H,15,16). The lowest BCUT2D eigenvalue weighted by Crippen LogP contribution is -2.34. The van der Waals surface area contributed by atoms with Crippen LogP contribution < -0.4 is 11.1 Å². The normalized spacial score (nSPS) is 11.2. The van der Waals surface area contributed by atoms with Crippen LogP contribution in [0.5, 0.6) is 0 Å². The third kappa shape index (κ3) is 3.58. The summed E-state index contributed by atoms with van der Waals surface area (Å²) in [5, 5.41) is 1.65. The predicted molar refractivity (Wildman–Crippen MR) is 52.0 cm³/mol. The molecule has 1 heterocycles. The summed E-state index contributed by atoms with van der Waals surface area (Å²) in [5.41, 5.74) is 5.19. The molecule has 8 heteroatoms. The van der Waals surface area contributed by atoms with Gasteiger partial charge in [0.2, 0.25) is 0 Å². The molecule has 0 aliphatic rings. The van der Waals surface area contributed by atoms with Crippen LogP contribution in [0.4, 0.5) is 18.9 Å². The van der Waals surface area contributed by atoms with E-state index in [4.69, 9.17) is 17.3 Å². The minimum Gasteiger partial charge on any atom is -0.397 e. The first kappa shape index (κ1) is 12.6. The Balaban J connectivity index is 2.77. The Morgan fingerprint density at radius 3 is 2.75 bits per heavy atom. The molecule has 0 atom stereocenters. The second-order valence-electron chi connectivity index (χ2n) is 2.89. The highest BCUT2D eigenvalue weighted by molar-refractivity contribution is 6.29. The molecule has 4 nitrogen and oxygen atoms in total. The van der Waals surface area contributed by atoms with Gasteiger partial charge in [0.1, 0.15) is 11.7 Å². The average Bonchev–Trinajstić information content (AvgIpc) is 2.17. The Hall–Kier alpha value is -1.50. The Morgan fingerprint density at radius 2 is 2.19 bits per heavy atom. The number of alkyl halides is 3. The topological polar surface area (TPSA) is 68.0 Å². The lowest BCUT2D eigenvalue weighted by atomic mass is 10.2. The fraction of sp³-hybridized carbons (Fsp3) is 0.250. The summed E-state index contributed by atoms with van der Waals surface area (Å²) in [4.78, 5) is 14.9. The first-order chi connectivity index (χ1) is 7.29. The van der Waals surface area contributed by atoms with Crippen molar-refractivity contribution in [2.75, 3.05) is 12.3 Å². The van der Waals surface area contributed by atoms with E-state index >= 15 is 0 Å². The van der Waals surface area contributed by atoms with Gasteiger partial charge in [-0.15, -0.1) is 0 Å². The van der Waals surface area contributed by atoms with Gasteiger partial charge in [0, 0.05) is 0 Å². The Morgan fingerprint density at radius 1 is 1.56 bits per heavy atom. The number of aromatic nitrogens is 1. The van der Waals surface area contributed by atoms with Crippen LogP contribution in [0, 0.1) is 0 Å². The van der Waals surface area contributed by atoms with Gasteiger partial charge in [0.05, 0.1) is 17.4 Å². The van der Waals surface area contributed by atoms with E-state index in [0.717, 1.165) is 12.3 Å². The molecule has 0 saturated heterocycles. The van der Waals surface area contributed by atoms with Crippen LogP contribution in [0.2, 0.25) is 5.15 Å². The molecule has 0 fully saturated rings. The van der Waals surface area contributed by atoms with Crippen molar-refractivity contribution in [1.29, 1.82) is 0 Å². The molecule has 0 bridgehead atoms. The number of nitrogen functional groups attached to an aromatic ring is 1. The number of nitrogens with two attached hydrogens (primary N) is 1. The first-order valence-corrected chi connectivity index (χ1v) is 4.43. The number of pyridine rings is 1. The number of hydrogen-bond donors (Lipinski definition) is 2. The van der Waals surface area contributed by atoms with E-state index in [1.165, 1.54) is 0 Å². The van der Waals surface area contributed by atoms with Gasteiger partial charge in [0.25, 0.3) is 5.91 Å². The van der Waals surface area contributed by atoms with E-state index in [-0.39, 0.29) is 16.4 Å². The molecule has 0 spiro atoms. The van der Waals surface area contributed by atoms with Gasteiger partial charge in [-0.25, -0.2) is 4.98 Å². The highest BCUT2D eigenvalue weighted by Gasteiger charge is 2.28. The van der Waals surface area contributed by atoms with E-state index in [0.29, 0.717) is 0 Å². The average molecular weight is 254 g/mol. The zero-order chi connectivity index (χ0) is 12.3. The summed E-state index contributed by atoms with van der Waals surface area (Å²) < 4.78 is 35.5. The molecule has 0 aromatic carbocycles. The molecular formula is C8H7ClF3N3O. The van der Waals surface area contributed by atoms with Crippen molar-refractivity contribution in [2.45, 2.75) is 6.18 Å². The minimum absolute atomic E-state index is 0.0219. The van der Waals surface area contributed by atoms with E-state index < -0.39 is 18.6 Å². The number of carbonyl (C=O) groups excluding carboxylic acids is 1. The van der Waals surface area contributed by atoms with Crippen LogP contribution in [-0.2, 0) is 0 Å². The van der Waals surface area contributed by atoms with Crippen molar-refractivity contribution in [1.82, 2.24) is 10.3 Å².